The molecule has 1 atom stereocenters. The first-order valence-electron chi connectivity index (χ1n) is 6.58. The first-order chi connectivity index (χ1) is 9.61. The van der Waals surface area contributed by atoms with Gasteiger partial charge in [0.25, 0.3) is 0 Å². The molecule has 1 N–H and O–H groups in total. The number of rotatable bonds is 5. The molecule has 1 saturated heterocycles. The van der Waals surface area contributed by atoms with Crippen molar-refractivity contribution in [1.82, 2.24) is 4.90 Å². The van der Waals surface area contributed by atoms with Crippen molar-refractivity contribution in [3.05, 3.63) is 29.3 Å². The third kappa shape index (κ3) is 3.62. The van der Waals surface area contributed by atoms with Gasteiger partial charge in [0.2, 0.25) is 0 Å². The van der Waals surface area contributed by atoms with Crippen molar-refractivity contribution in [1.29, 1.82) is 0 Å². The molecule has 6 heteroatoms. The summed E-state index contributed by atoms with van der Waals surface area (Å²) in [5.74, 6) is -0.827. The lowest BCUT2D eigenvalue weighted by atomic mass is 10.2. The number of anilines is 1. The number of ether oxygens (including phenoxy) is 1. The highest BCUT2D eigenvalue weighted by atomic mass is 35.5. The van der Waals surface area contributed by atoms with Crippen molar-refractivity contribution in [2.45, 2.75) is 6.04 Å². The monoisotopic (exact) mass is 298 g/mol. The molecule has 1 aromatic rings. The van der Waals surface area contributed by atoms with Gasteiger partial charge in [0.1, 0.15) is 6.04 Å². The van der Waals surface area contributed by atoms with E-state index in [9.17, 15) is 9.90 Å². The molecule has 1 aliphatic heterocycles. The lowest BCUT2D eigenvalue weighted by Gasteiger charge is -2.38. The average Bonchev–Trinajstić information content (AvgIpc) is 2.45. The second kappa shape index (κ2) is 6.92. The van der Waals surface area contributed by atoms with Crippen LogP contribution in [0.2, 0.25) is 5.02 Å². The maximum Gasteiger partial charge on any atom is 0.323 e. The number of carbonyl (C=O) groups is 1. The van der Waals surface area contributed by atoms with Gasteiger partial charge in [-0.2, -0.15) is 0 Å². The second-order valence-corrected chi connectivity index (χ2v) is 5.25. The summed E-state index contributed by atoms with van der Waals surface area (Å²) in [7, 11) is 1.53. The van der Waals surface area contributed by atoms with Gasteiger partial charge in [-0.1, -0.05) is 11.6 Å². The SMILES string of the molecule is COCC(C(=O)O)N1CCN(c2ccc(Cl)cc2)CC1. The van der Waals surface area contributed by atoms with Crippen LogP contribution in [-0.4, -0.2) is 61.9 Å². The van der Waals surface area contributed by atoms with Gasteiger partial charge >= 0.3 is 5.97 Å². The van der Waals surface area contributed by atoms with Crippen LogP contribution >= 0.6 is 11.6 Å². The highest BCUT2D eigenvalue weighted by Gasteiger charge is 2.28. The maximum atomic E-state index is 11.2. The highest BCUT2D eigenvalue weighted by Crippen LogP contribution is 2.20. The van der Waals surface area contributed by atoms with E-state index in [2.05, 4.69) is 4.90 Å². The van der Waals surface area contributed by atoms with Crippen molar-refractivity contribution >= 4 is 23.3 Å². The van der Waals surface area contributed by atoms with E-state index < -0.39 is 12.0 Å². The van der Waals surface area contributed by atoms with E-state index >= 15 is 0 Å². The predicted octanol–water partition coefficient (Wildman–Crippen LogP) is 1.56. The van der Waals surface area contributed by atoms with Crippen LogP contribution in [0.5, 0.6) is 0 Å². The topological polar surface area (TPSA) is 53.0 Å². The minimum absolute atomic E-state index is 0.219. The molecule has 0 aliphatic carbocycles. The Morgan fingerprint density at radius 1 is 1.30 bits per heavy atom. The van der Waals surface area contributed by atoms with Crippen LogP contribution in [0.25, 0.3) is 0 Å². The van der Waals surface area contributed by atoms with E-state index in [4.69, 9.17) is 16.3 Å². The largest absolute Gasteiger partial charge is 0.480 e. The Morgan fingerprint density at radius 2 is 1.90 bits per heavy atom. The van der Waals surface area contributed by atoms with Crippen LogP contribution in [0.1, 0.15) is 0 Å². The number of carboxylic acids is 1. The average molecular weight is 299 g/mol. The van der Waals surface area contributed by atoms with Crippen LogP contribution in [0, 0.1) is 0 Å². The number of halogens is 1. The second-order valence-electron chi connectivity index (χ2n) is 4.81. The van der Waals surface area contributed by atoms with Crippen LogP contribution < -0.4 is 4.90 Å². The van der Waals surface area contributed by atoms with E-state index in [1.807, 2.05) is 29.2 Å². The first-order valence-corrected chi connectivity index (χ1v) is 6.96. The molecule has 1 fully saturated rings. The predicted molar refractivity (Wildman–Crippen MR) is 78.5 cm³/mol. The van der Waals surface area contributed by atoms with Gasteiger partial charge < -0.3 is 14.7 Å². The Kier molecular flexibility index (Phi) is 5.23. The smallest absolute Gasteiger partial charge is 0.323 e. The fourth-order valence-electron chi connectivity index (χ4n) is 2.43. The molecule has 110 valence electrons. The van der Waals surface area contributed by atoms with Crippen molar-refractivity contribution < 1.29 is 14.6 Å². The summed E-state index contributed by atoms with van der Waals surface area (Å²) >= 11 is 5.88. The maximum absolute atomic E-state index is 11.2. The molecular formula is C14H19ClN2O3. The van der Waals surface area contributed by atoms with Gasteiger partial charge in [-0.05, 0) is 24.3 Å². The summed E-state index contributed by atoms with van der Waals surface area (Å²) in [6.45, 7) is 3.24. The standard InChI is InChI=1S/C14H19ClN2O3/c1-20-10-13(14(18)19)17-8-6-16(7-9-17)12-4-2-11(15)3-5-12/h2-5,13H,6-10H2,1H3,(H,18,19). The number of hydrogen-bond donors (Lipinski definition) is 1. The number of nitrogens with zero attached hydrogens (tertiary/aromatic N) is 2. The fraction of sp³-hybridized carbons (Fsp3) is 0.500. The van der Waals surface area contributed by atoms with Gasteiger partial charge in [0.15, 0.2) is 0 Å². The third-order valence-corrected chi connectivity index (χ3v) is 3.81. The van der Waals surface area contributed by atoms with Gasteiger partial charge in [0, 0.05) is 44.0 Å². The molecule has 0 bridgehead atoms. The summed E-state index contributed by atoms with van der Waals surface area (Å²) in [5.41, 5.74) is 1.12. The molecule has 20 heavy (non-hydrogen) atoms. The lowest BCUT2D eigenvalue weighted by molar-refractivity contribution is -0.145. The minimum Gasteiger partial charge on any atom is -0.480 e. The molecule has 1 aromatic carbocycles. The Hall–Kier alpha value is -1.30. The zero-order valence-electron chi connectivity index (χ0n) is 11.5. The Bertz CT molecular complexity index is 444. The van der Waals surface area contributed by atoms with E-state index in [1.165, 1.54) is 7.11 Å². The molecule has 0 radical (unpaired) electrons. The molecule has 2 rings (SSSR count). The molecular weight excluding hydrogens is 280 g/mol. The molecule has 0 amide bonds. The zero-order valence-corrected chi connectivity index (χ0v) is 12.2. The minimum atomic E-state index is -0.827. The van der Waals surface area contributed by atoms with Crippen LogP contribution in [0.3, 0.4) is 0 Å². The first kappa shape index (κ1) is 15.1. The molecule has 0 aromatic heterocycles. The number of carboxylic acid groups (broad SMARTS) is 1. The summed E-state index contributed by atoms with van der Waals surface area (Å²) in [6, 6.07) is 7.15. The summed E-state index contributed by atoms with van der Waals surface area (Å²) < 4.78 is 4.99. The quantitative estimate of drug-likeness (QED) is 0.894. The zero-order chi connectivity index (χ0) is 14.5. The Labute approximate surface area is 123 Å². The van der Waals surface area contributed by atoms with Crippen molar-refractivity contribution in [3.8, 4) is 0 Å². The number of benzene rings is 1. The van der Waals surface area contributed by atoms with Gasteiger partial charge in [-0.15, -0.1) is 0 Å². The number of aliphatic carboxylic acids is 1. The van der Waals surface area contributed by atoms with Gasteiger partial charge in [-0.25, -0.2) is 0 Å². The van der Waals surface area contributed by atoms with E-state index in [1.54, 1.807) is 0 Å². The fourth-order valence-corrected chi connectivity index (χ4v) is 2.56. The third-order valence-electron chi connectivity index (χ3n) is 3.56. The molecule has 0 spiro atoms. The number of hydrogen-bond acceptors (Lipinski definition) is 4. The Balaban J connectivity index is 1.94. The highest BCUT2D eigenvalue weighted by molar-refractivity contribution is 6.30. The molecule has 5 nitrogen and oxygen atoms in total. The van der Waals surface area contributed by atoms with Gasteiger partial charge in [-0.3, -0.25) is 9.69 Å². The van der Waals surface area contributed by atoms with Crippen LogP contribution in [0.4, 0.5) is 5.69 Å². The summed E-state index contributed by atoms with van der Waals surface area (Å²) in [5, 5.41) is 9.94. The summed E-state index contributed by atoms with van der Waals surface area (Å²) in [6.07, 6.45) is 0. The number of methoxy groups -OCH3 is 1. The van der Waals surface area contributed by atoms with Crippen molar-refractivity contribution in [3.63, 3.8) is 0 Å². The Morgan fingerprint density at radius 3 is 2.40 bits per heavy atom. The number of piperazine rings is 1. The van der Waals surface area contributed by atoms with E-state index in [0.29, 0.717) is 13.1 Å². The van der Waals surface area contributed by atoms with E-state index in [-0.39, 0.29) is 6.61 Å². The summed E-state index contributed by atoms with van der Waals surface area (Å²) in [4.78, 5) is 15.4. The molecule has 0 saturated carbocycles. The molecule has 1 aliphatic rings. The van der Waals surface area contributed by atoms with E-state index in [0.717, 1.165) is 23.8 Å². The van der Waals surface area contributed by atoms with Crippen molar-refractivity contribution in [2.24, 2.45) is 0 Å². The van der Waals surface area contributed by atoms with Crippen molar-refractivity contribution in [2.75, 3.05) is 44.8 Å². The normalized spacial score (nSPS) is 18.0. The van der Waals surface area contributed by atoms with Crippen LogP contribution in [-0.2, 0) is 9.53 Å². The molecule has 1 unspecified atom stereocenters. The molecule has 1 heterocycles. The van der Waals surface area contributed by atoms with Crippen LogP contribution in [0.15, 0.2) is 24.3 Å². The van der Waals surface area contributed by atoms with Gasteiger partial charge in [0.05, 0.1) is 6.61 Å². The lowest BCUT2D eigenvalue weighted by Crippen LogP contribution is -2.54.